The fourth-order valence-corrected chi connectivity index (χ4v) is 1.90. The molecule has 0 aliphatic carbocycles. The van der Waals surface area contributed by atoms with Crippen LogP contribution in [0.25, 0.3) is 0 Å². The molecule has 110 valence electrons. The number of hydrogen-bond acceptors (Lipinski definition) is 2. The van der Waals surface area contributed by atoms with Crippen LogP contribution in [0, 0.1) is 0 Å². The minimum atomic E-state index is -4.51. The molecule has 0 aliphatic heterocycles. The van der Waals surface area contributed by atoms with Crippen molar-refractivity contribution in [1.29, 1.82) is 0 Å². The molecular formula is C15H13F3N2O. The van der Waals surface area contributed by atoms with Crippen molar-refractivity contribution in [1.82, 2.24) is 4.98 Å². The highest BCUT2D eigenvalue weighted by Crippen LogP contribution is 2.27. The number of para-hydroxylation sites is 1. The molecule has 0 saturated carbocycles. The largest absolute Gasteiger partial charge is 0.433 e. The third-order valence-electron chi connectivity index (χ3n) is 2.93. The van der Waals surface area contributed by atoms with Crippen molar-refractivity contribution in [2.75, 3.05) is 11.4 Å². The molecule has 1 aromatic heterocycles. The molecule has 1 amide bonds. The summed E-state index contributed by atoms with van der Waals surface area (Å²) in [7, 11) is 0. The van der Waals surface area contributed by atoms with Gasteiger partial charge in [0.25, 0.3) is 5.91 Å². The number of halogens is 3. The number of alkyl halides is 3. The van der Waals surface area contributed by atoms with Gasteiger partial charge in [0.1, 0.15) is 5.69 Å². The number of carbonyl (C=O) groups is 1. The number of nitrogens with zero attached hydrogens (tertiary/aromatic N) is 2. The van der Waals surface area contributed by atoms with Crippen LogP contribution in [0.4, 0.5) is 18.9 Å². The summed E-state index contributed by atoms with van der Waals surface area (Å²) in [4.78, 5) is 17.1. The second-order valence-corrected chi connectivity index (χ2v) is 4.31. The van der Waals surface area contributed by atoms with E-state index in [1.807, 2.05) is 6.07 Å². The van der Waals surface area contributed by atoms with E-state index in [-0.39, 0.29) is 11.5 Å². The summed E-state index contributed by atoms with van der Waals surface area (Å²) < 4.78 is 37.4. The van der Waals surface area contributed by atoms with Gasteiger partial charge in [0.2, 0.25) is 0 Å². The van der Waals surface area contributed by atoms with Gasteiger partial charge in [0.05, 0.1) is 5.56 Å². The molecule has 0 atom stereocenters. The van der Waals surface area contributed by atoms with Crippen molar-refractivity contribution in [2.24, 2.45) is 0 Å². The molecule has 1 heterocycles. The maximum Gasteiger partial charge on any atom is 0.433 e. The van der Waals surface area contributed by atoms with Crippen molar-refractivity contribution in [2.45, 2.75) is 13.1 Å². The number of amides is 1. The normalized spacial score (nSPS) is 11.2. The highest BCUT2D eigenvalue weighted by Gasteiger charge is 2.32. The van der Waals surface area contributed by atoms with E-state index in [2.05, 4.69) is 4.98 Å². The molecule has 0 spiro atoms. The Kier molecular flexibility index (Phi) is 4.26. The molecule has 6 heteroatoms. The zero-order chi connectivity index (χ0) is 15.5. The average Bonchev–Trinajstić information content (AvgIpc) is 2.48. The van der Waals surface area contributed by atoms with E-state index in [0.717, 1.165) is 18.3 Å². The van der Waals surface area contributed by atoms with Gasteiger partial charge in [-0.05, 0) is 31.2 Å². The lowest BCUT2D eigenvalue weighted by Gasteiger charge is -2.21. The molecule has 0 fully saturated rings. The number of aromatic nitrogens is 1. The van der Waals surface area contributed by atoms with Gasteiger partial charge in [-0.25, -0.2) is 0 Å². The van der Waals surface area contributed by atoms with Gasteiger partial charge in [-0.3, -0.25) is 9.78 Å². The smallest absolute Gasteiger partial charge is 0.309 e. The van der Waals surface area contributed by atoms with Gasteiger partial charge < -0.3 is 4.90 Å². The molecule has 0 aliphatic rings. The Bertz CT molecular complexity index is 609. The Morgan fingerprint density at radius 1 is 1.14 bits per heavy atom. The third kappa shape index (κ3) is 3.39. The molecule has 0 radical (unpaired) electrons. The zero-order valence-corrected chi connectivity index (χ0v) is 11.3. The summed E-state index contributed by atoms with van der Waals surface area (Å²) in [6.07, 6.45) is -3.55. The van der Waals surface area contributed by atoms with Crippen LogP contribution in [-0.4, -0.2) is 17.4 Å². The quantitative estimate of drug-likeness (QED) is 0.863. The lowest BCUT2D eigenvalue weighted by atomic mass is 10.2. The van der Waals surface area contributed by atoms with Gasteiger partial charge in [0, 0.05) is 18.4 Å². The molecule has 21 heavy (non-hydrogen) atoms. The maximum absolute atomic E-state index is 12.5. The van der Waals surface area contributed by atoms with E-state index in [1.165, 1.54) is 4.90 Å². The van der Waals surface area contributed by atoms with E-state index in [4.69, 9.17) is 0 Å². The van der Waals surface area contributed by atoms with Crippen molar-refractivity contribution in [3.8, 4) is 0 Å². The monoisotopic (exact) mass is 294 g/mol. The number of benzene rings is 1. The first kappa shape index (κ1) is 15.0. The van der Waals surface area contributed by atoms with Gasteiger partial charge >= 0.3 is 6.18 Å². The summed E-state index contributed by atoms with van der Waals surface area (Å²) in [5, 5.41) is 0. The second-order valence-electron chi connectivity index (χ2n) is 4.31. The number of pyridine rings is 1. The minimum Gasteiger partial charge on any atom is -0.309 e. The number of rotatable bonds is 3. The van der Waals surface area contributed by atoms with Crippen LogP contribution in [0.3, 0.4) is 0 Å². The van der Waals surface area contributed by atoms with E-state index >= 15 is 0 Å². The molecule has 0 bridgehead atoms. The van der Waals surface area contributed by atoms with E-state index < -0.39 is 11.9 Å². The van der Waals surface area contributed by atoms with Crippen LogP contribution in [0.2, 0.25) is 0 Å². The first-order valence-corrected chi connectivity index (χ1v) is 6.33. The number of carbonyl (C=O) groups excluding carboxylic acids is 1. The molecule has 3 nitrogen and oxygen atoms in total. The SMILES string of the molecule is CCN(C(=O)c1ccc(C(F)(F)F)nc1)c1ccccc1. The highest BCUT2D eigenvalue weighted by molar-refractivity contribution is 6.05. The first-order chi connectivity index (χ1) is 9.93. The predicted octanol–water partition coefficient (Wildman–Crippen LogP) is 3.77. The van der Waals surface area contributed by atoms with Crippen molar-refractivity contribution >= 4 is 11.6 Å². The summed E-state index contributed by atoms with van der Waals surface area (Å²) in [5.74, 6) is -0.384. The molecular weight excluding hydrogens is 281 g/mol. The van der Waals surface area contributed by atoms with Crippen LogP contribution in [0.15, 0.2) is 48.7 Å². The Hall–Kier alpha value is -2.37. The van der Waals surface area contributed by atoms with Crippen molar-refractivity contribution in [3.63, 3.8) is 0 Å². The Labute approximate surface area is 120 Å². The van der Waals surface area contributed by atoms with E-state index in [0.29, 0.717) is 12.2 Å². The number of anilines is 1. The summed E-state index contributed by atoms with van der Waals surface area (Å²) in [6.45, 7) is 2.20. The predicted molar refractivity (Wildman–Crippen MR) is 73.0 cm³/mol. The second kappa shape index (κ2) is 5.95. The summed E-state index contributed by atoms with van der Waals surface area (Å²) >= 11 is 0. The van der Waals surface area contributed by atoms with Crippen molar-refractivity contribution < 1.29 is 18.0 Å². The lowest BCUT2D eigenvalue weighted by Crippen LogP contribution is -2.30. The van der Waals surface area contributed by atoms with Crippen LogP contribution < -0.4 is 4.90 Å². The van der Waals surface area contributed by atoms with Gasteiger partial charge in [0.15, 0.2) is 0 Å². The third-order valence-corrected chi connectivity index (χ3v) is 2.93. The molecule has 2 aromatic rings. The topological polar surface area (TPSA) is 33.2 Å². The average molecular weight is 294 g/mol. The Balaban J connectivity index is 2.26. The van der Waals surface area contributed by atoms with Crippen LogP contribution in [0.1, 0.15) is 23.0 Å². The zero-order valence-electron chi connectivity index (χ0n) is 11.3. The highest BCUT2D eigenvalue weighted by atomic mass is 19.4. The standard InChI is InChI=1S/C15H13F3N2O/c1-2-20(12-6-4-3-5-7-12)14(21)11-8-9-13(19-10-11)15(16,17)18/h3-10H,2H2,1H3. The van der Waals surface area contributed by atoms with E-state index in [1.54, 1.807) is 31.2 Å². The molecule has 0 N–H and O–H groups in total. The first-order valence-electron chi connectivity index (χ1n) is 6.33. The molecule has 0 saturated heterocycles. The molecule has 0 unspecified atom stereocenters. The lowest BCUT2D eigenvalue weighted by molar-refractivity contribution is -0.141. The van der Waals surface area contributed by atoms with Crippen LogP contribution in [0.5, 0.6) is 0 Å². The van der Waals surface area contributed by atoms with Crippen LogP contribution >= 0.6 is 0 Å². The van der Waals surface area contributed by atoms with Gasteiger partial charge in [-0.1, -0.05) is 18.2 Å². The van der Waals surface area contributed by atoms with Crippen LogP contribution in [-0.2, 0) is 6.18 Å². The minimum absolute atomic E-state index is 0.119. The summed E-state index contributed by atoms with van der Waals surface area (Å²) in [5.41, 5.74) is -0.208. The Morgan fingerprint density at radius 2 is 1.81 bits per heavy atom. The van der Waals surface area contributed by atoms with E-state index in [9.17, 15) is 18.0 Å². The maximum atomic E-state index is 12.5. The van der Waals surface area contributed by atoms with Gasteiger partial charge in [-0.15, -0.1) is 0 Å². The fourth-order valence-electron chi connectivity index (χ4n) is 1.90. The Morgan fingerprint density at radius 3 is 2.29 bits per heavy atom. The fraction of sp³-hybridized carbons (Fsp3) is 0.200. The molecule has 2 rings (SSSR count). The molecule has 1 aromatic carbocycles. The number of hydrogen-bond donors (Lipinski definition) is 0. The van der Waals surface area contributed by atoms with Crippen molar-refractivity contribution in [3.05, 3.63) is 59.9 Å². The summed E-state index contributed by atoms with van der Waals surface area (Å²) in [6, 6.07) is 10.9. The van der Waals surface area contributed by atoms with Gasteiger partial charge in [-0.2, -0.15) is 13.2 Å².